The second-order valence-corrected chi connectivity index (χ2v) is 4.99. The quantitative estimate of drug-likeness (QED) is 0.432. The number of hydrogen-bond donors (Lipinski definition) is 0. The largest absolute Gasteiger partial charge is 0.463 e. The Labute approximate surface area is 112 Å². The Hall–Kier alpha value is -1.36. The van der Waals surface area contributed by atoms with Gasteiger partial charge < -0.3 is 14.2 Å². The summed E-state index contributed by atoms with van der Waals surface area (Å²) in [5, 5.41) is 0. The van der Waals surface area contributed by atoms with Crippen LogP contribution in [0.3, 0.4) is 0 Å². The molecule has 3 atom stereocenters. The van der Waals surface area contributed by atoms with Crippen LogP contribution in [0.4, 0.5) is 0 Å². The molecule has 1 aliphatic heterocycles. The van der Waals surface area contributed by atoms with Crippen molar-refractivity contribution >= 4 is 11.9 Å². The van der Waals surface area contributed by atoms with Crippen LogP contribution in [0, 0.1) is 11.8 Å². The van der Waals surface area contributed by atoms with Crippen molar-refractivity contribution in [3.05, 3.63) is 12.3 Å². The highest BCUT2D eigenvalue weighted by atomic mass is 16.6. The first-order valence-electron chi connectivity index (χ1n) is 6.82. The van der Waals surface area contributed by atoms with E-state index in [9.17, 15) is 9.59 Å². The summed E-state index contributed by atoms with van der Waals surface area (Å²) in [5.41, 5.74) is 0. The Kier molecular flexibility index (Phi) is 4.96. The minimum absolute atomic E-state index is 0.0565. The van der Waals surface area contributed by atoms with Crippen molar-refractivity contribution in [2.45, 2.75) is 38.7 Å². The van der Waals surface area contributed by atoms with Crippen molar-refractivity contribution in [1.82, 2.24) is 0 Å². The van der Waals surface area contributed by atoms with Crippen LogP contribution < -0.4 is 0 Å². The lowest BCUT2D eigenvalue weighted by Gasteiger charge is -2.27. The molecule has 1 aliphatic carbocycles. The number of esters is 2. The number of carbonyl (C=O) groups excluding carboxylic acids is 2. The maximum atomic E-state index is 12.0. The lowest BCUT2D eigenvalue weighted by atomic mass is 9.79. The molecule has 0 aromatic rings. The van der Waals surface area contributed by atoms with E-state index >= 15 is 0 Å². The number of rotatable bonds is 5. The molecule has 5 heteroatoms. The number of hydrogen-bond acceptors (Lipinski definition) is 5. The fourth-order valence-corrected chi connectivity index (χ4v) is 2.36. The summed E-state index contributed by atoms with van der Waals surface area (Å²) in [6.45, 7) is 2.73. The number of ether oxygens (including phenoxy) is 3. The number of epoxide rings is 1. The second-order valence-electron chi connectivity index (χ2n) is 4.99. The van der Waals surface area contributed by atoms with Crippen LogP contribution in [0.1, 0.15) is 32.6 Å². The third kappa shape index (κ3) is 4.06. The van der Waals surface area contributed by atoms with Crippen LogP contribution >= 0.6 is 0 Å². The van der Waals surface area contributed by atoms with Crippen molar-refractivity contribution in [3.8, 4) is 0 Å². The monoisotopic (exact) mass is 268 g/mol. The Morgan fingerprint density at radius 1 is 1.21 bits per heavy atom. The van der Waals surface area contributed by atoms with Crippen molar-refractivity contribution in [3.63, 3.8) is 0 Å². The van der Waals surface area contributed by atoms with Gasteiger partial charge in [-0.3, -0.25) is 9.59 Å². The molecular weight excluding hydrogens is 248 g/mol. The van der Waals surface area contributed by atoms with E-state index in [1.165, 1.54) is 6.26 Å². The van der Waals surface area contributed by atoms with Gasteiger partial charge >= 0.3 is 11.9 Å². The molecule has 2 fully saturated rings. The summed E-state index contributed by atoms with van der Waals surface area (Å²) in [4.78, 5) is 23.9. The van der Waals surface area contributed by atoms with Crippen molar-refractivity contribution in [2.24, 2.45) is 11.8 Å². The average Bonchev–Trinajstić information content (AvgIpc) is 3.26. The van der Waals surface area contributed by atoms with Crippen LogP contribution in [0.15, 0.2) is 12.3 Å². The summed E-state index contributed by atoms with van der Waals surface area (Å²) in [7, 11) is 0. The van der Waals surface area contributed by atoms with Gasteiger partial charge in [-0.2, -0.15) is 0 Å². The van der Waals surface area contributed by atoms with Crippen LogP contribution in [0.5, 0.6) is 0 Å². The fourth-order valence-electron chi connectivity index (χ4n) is 2.36. The first-order chi connectivity index (χ1) is 9.22. The van der Waals surface area contributed by atoms with E-state index in [1.54, 1.807) is 13.0 Å². The zero-order valence-corrected chi connectivity index (χ0v) is 11.2. The van der Waals surface area contributed by atoms with Gasteiger partial charge in [0.15, 0.2) is 0 Å². The molecule has 0 bridgehead atoms. The van der Waals surface area contributed by atoms with E-state index in [4.69, 9.17) is 14.2 Å². The molecule has 2 rings (SSSR count). The predicted octanol–water partition coefficient (Wildman–Crippen LogP) is 1.81. The molecule has 106 valence electrons. The molecule has 0 amide bonds. The molecule has 0 aromatic carbocycles. The molecule has 0 aromatic heterocycles. The highest BCUT2D eigenvalue weighted by molar-refractivity contribution is 5.82. The molecule has 19 heavy (non-hydrogen) atoms. The normalized spacial score (nSPS) is 30.1. The average molecular weight is 268 g/mol. The summed E-state index contributed by atoms with van der Waals surface area (Å²) in [6, 6.07) is 0. The van der Waals surface area contributed by atoms with Gasteiger partial charge in [-0.05, 0) is 19.8 Å². The molecule has 5 nitrogen and oxygen atoms in total. The maximum absolute atomic E-state index is 12.0. The first-order valence-corrected chi connectivity index (χ1v) is 6.82. The molecule has 0 radical (unpaired) electrons. The molecule has 0 spiro atoms. The molecular formula is C14H20O5. The van der Waals surface area contributed by atoms with Gasteiger partial charge in [0.05, 0.1) is 24.7 Å². The zero-order valence-electron chi connectivity index (χ0n) is 11.2. The highest BCUT2D eigenvalue weighted by Crippen LogP contribution is 2.32. The third-order valence-corrected chi connectivity index (χ3v) is 3.51. The van der Waals surface area contributed by atoms with Crippen LogP contribution in [-0.2, 0) is 23.8 Å². The molecule has 1 saturated carbocycles. The minimum Gasteiger partial charge on any atom is -0.463 e. The Balaban J connectivity index is 1.89. The van der Waals surface area contributed by atoms with Crippen LogP contribution in [-0.4, -0.2) is 31.3 Å². The van der Waals surface area contributed by atoms with E-state index in [0.29, 0.717) is 26.1 Å². The Morgan fingerprint density at radius 3 is 2.42 bits per heavy atom. The van der Waals surface area contributed by atoms with Gasteiger partial charge in [-0.25, -0.2) is 0 Å². The van der Waals surface area contributed by atoms with E-state index in [-0.39, 0.29) is 29.9 Å². The highest BCUT2D eigenvalue weighted by Gasteiger charge is 2.38. The molecule has 3 unspecified atom stereocenters. The van der Waals surface area contributed by atoms with Gasteiger partial charge in [0.25, 0.3) is 0 Å². The SMILES string of the molecule is CC=COC(=O)C1CCCCC1C(=O)OCC1CO1. The topological polar surface area (TPSA) is 65.1 Å². The van der Waals surface area contributed by atoms with E-state index in [1.807, 2.05) is 0 Å². The number of allylic oxidation sites excluding steroid dienone is 1. The lowest BCUT2D eigenvalue weighted by molar-refractivity contribution is -0.160. The molecule has 2 aliphatic rings. The molecule has 1 saturated heterocycles. The summed E-state index contributed by atoms with van der Waals surface area (Å²) >= 11 is 0. The lowest BCUT2D eigenvalue weighted by Crippen LogP contribution is -2.35. The maximum Gasteiger partial charge on any atom is 0.314 e. The smallest absolute Gasteiger partial charge is 0.314 e. The van der Waals surface area contributed by atoms with Crippen molar-refractivity contribution < 1.29 is 23.8 Å². The summed E-state index contributed by atoms with van der Waals surface area (Å²) in [6.07, 6.45) is 6.35. The standard InChI is InChI=1S/C14H20O5/c1-2-7-17-13(15)11-5-3-4-6-12(11)14(16)19-9-10-8-18-10/h2,7,10-12H,3-6,8-9H2,1H3. The van der Waals surface area contributed by atoms with Crippen molar-refractivity contribution in [1.29, 1.82) is 0 Å². The third-order valence-electron chi connectivity index (χ3n) is 3.51. The first kappa shape index (κ1) is 14.1. The summed E-state index contributed by atoms with van der Waals surface area (Å²) < 4.78 is 15.2. The second kappa shape index (κ2) is 6.70. The Bertz CT molecular complexity index is 359. The van der Waals surface area contributed by atoms with Crippen molar-refractivity contribution in [2.75, 3.05) is 13.2 Å². The van der Waals surface area contributed by atoms with Gasteiger partial charge in [-0.1, -0.05) is 18.9 Å². The number of carbonyl (C=O) groups is 2. The van der Waals surface area contributed by atoms with E-state index in [2.05, 4.69) is 0 Å². The predicted molar refractivity (Wildman–Crippen MR) is 67.1 cm³/mol. The fraction of sp³-hybridized carbons (Fsp3) is 0.714. The molecule has 1 heterocycles. The Morgan fingerprint density at radius 2 is 1.84 bits per heavy atom. The van der Waals surface area contributed by atoms with Gasteiger partial charge in [0, 0.05) is 0 Å². The van der Waals surface area contributed by atoms with Gasteiger partial charge in [0.1, 0.15) is 12.7 Å². The van der Waals surface area contributed by atoms with E-state index < -0.39 is 0 Å². The van der Waals surface area contributed by atoms with Gasteiger partial charge in [-0.15, -0.1) is 0 Å². The zero-order chi connectivity index (χ0) is 13.7. The van der Waals surface area contributed by atoms with Crippen LogP contribution in [0.2, 0.25) is 0 Å². The minimum atomic E-state index is -0.377. The van der Waals surface area contributed by atoms with Gasteiger partial charge in [0.2, 0.25) is 0 Å². The van der Waals surface area contributed by atoms with Crippen LogP contribution in [0.25, 0.3) is 0 Å². The van der Waals surface area contributed by atoms with E-state index in [0.717, 1.165) is 12.8 Å². The summed E-state index contributed by atoms with van der Waals surface area (Å²) in [5.74, 6) is -1.37. The molecule has 0 N–H and O–H groups in total.